The lowest BCUT2D eigenvalue weighted by Gasteiger charge is -2.20. The minimum absolute atomic E-state index is 0. The molecule has 1 atom stereocenters. The highest BCUT2D eigenvalue weighted by Crippen LogP contribution is 2.06. The lowest BCUT2D eigenvalue weighted by molar-refractivity contribution is 0.385. The van der Waals surface area contributed by atoms with Gasteiger partial charge < -0.3 is 22.1 Å². The molecule has 6 N–H and O–H groups in total. The number of hydrogen-bond donors (Lipinski definition) is 4. The second-order valence-electron chi connectivity index (χ2n) is 4.67. The first-order valence-electron chi connectivity index (χ1n) is 9.16. The Labute approximate surface area is 140 Å². The summed E-state index contributed by atoms with van der Waals surface area (Å²) in [4.78, 5) is 0. The molecule has 2 rings (SSSR count). The summed E-state index contributed by atoms with van der Waals surface area (Å²) in [5.41, 5.74) is 10.3. The summed E-state index contributed by atoms with van der Waals surface area (Å²) in [5, 5.41) is 6.59. The van der Waals surface area contributed by atoms with Gasteiger partial charge in [-0.25, -0.2) is 0 Å². The van der Waals surface area contributed by atoms with E-state index < -0.39 is 0 Å². The second kappa shape index (κ2) is 28.1. The smallest absolute Gasteiger partial charge is 0 e. The Bertz CT molecular complexity index is 137. The molecule has 2 aliphatic rings. The molecule has 0 aromatic rings. The highest BCUT2D eigenvalue weighted by atomic mass is 14.9. The van der Waals surface area contributed by atoms with Crippen LogP contribution in [0.1, 0.15) is 72.4 Å². The van der Waals surface area contributed by atoms with E-state index in [2.05, 4.69) is 10.6 Å². The minimum atomic E-state index is 0. The van der Waals surface area contributed by atoms with Crippen LogP contribution in [-0.4, -0.2) is 39.3 Å². The van der Waals surface area contributed by atoms with E-state index in [0.717, 1.165) is 25.6 Å². The molecule has 0 radical (unpaired) electrons. The molecule has 21 heavy (non-hydrogen) atoms. The summed E-state index contributed by atoms with van der Waals surface area (Å²) in [5.74, 6) is 0.753. The number of hydrogen-bond acceptors (Lipinski definition) is 4. The number of nitrogens with two attached hydrogens (primary N) is 2. The Hall–Kier alpha value is -0.160. The fraction of sp³-hybridized carbons (Fsp3) is 1.00. The molecule has 0 saturated carbocycles. The average Bonchev–Trinajstić information content (AvgIpc) is 2.62. The quantitative estimate of drug-likeness (QED) is 0.595. The van der Waals surface area contributed by atoms with Crippen LogP contribution < -0.4 is 22.1 Å². The Balaban J connectivity index is -0.0000000347. The molecule has 0 aromatic heterocycles. The van der Waals surface area contributed by atoms with Crippen LogP contribution in [0.3, 0.4) is 0 Å². The van der Waals surface area contributed by atoms with Gasteiger partial charge in [0.05, 0.1) is 0 Å². The van der Waals surface area contributed by atoms with Crippen molar-refractivity contribution >= 4 is 0 Å². The van der Waals surface area contributed by atoms with E-state index in [1.807, 2.05) is 34.6 Å². The SMILES string of the molecule is C1CCNCC1.CC.CC.CCN.NC[C@@H]1CCCNC1.[HH].[HH].[HH].[HH]. The van der Waals surface area contributed by atoms with Crippen LogP contribution in [0, 0.1) is 5.92 Å². The summed E-state index contributed by atoms with van der Waals surface area (Å²) in [6.45, 7) is 16.3. The highest BCUT2D eigenvalue weighted by Gasteiger charge is 2.09. The normalized spacial score (nSPS) is 19.9. The molecule has 2 saturated heterocycles. The topological polar surface area (TPSA) is 76.1 Å². The van der Waals surface area contributed by atoms with Crippen LogP contribution in [0.2, 0.25) is 0 Å². The van der Waals surface area contributed by atoms with Crippen molar-refractivity contribution in [1.82, 2.24) is 10.6 Å². The lowest BCUT2D eigenvalue weighted by Crippen LogP contribution is -2.33. The molecular formula is C17H52N4. The van der Waals surface area contributed by atoms with E-state index in [1.165, 1.54) is 51.7 Å². The molecule has 0 unspecified atom stereocenters. The van der Waals surface area contributed by atoms with Gasteiger partial charge in [-0.3, -0.25) is 0 Å². The van der Waals surface area contributed by atoms with Gasteiger partial charge >= 0.3 is 0 Å². The first kappa shape index (κ1) is 25.8. The molecule has 4 heteroatoms. The molecule has 4 nitrogen and oxygen atoms in total. The zero-order valence-corrected chi connectivity index (χ0v) is 15.5. The Morgan fingerprint density at radius 1 is 0.857 bits per heavy atom. The van der Waals surface area contributed by atoms with Gasteiger partial charge in [-0.2, -0.15) is 0 Å². The van der Waals surface area contributed by atoms with Gasteiger partial charge in [-0.1, -0.05) is 41.0 Å². The Kier molecular flexibility index (Phi) is 34.4. The van der Waals surface area contributed by atoms with Crippen molar-refractivity contribution in [2.24, 2.45) is 17.4 Å². The summed E-state index contributed by atoms with van der Waals surface area (Å²) in [6.07, 6.45) is 6.85. The third-order valence-corrected chi connectivity index (χ3v) is 2.94. The van der Waals surface area contributed by atoms with Crippen molar-refractivity contribution in [3.63, 3.8) is 0 Å². The molecule has 2 fully saturated rings. The van der Waals surface area contributed by atoms with E-state index in [9.17, 15) is 0 Å². The fourth-order valence-electron chi connectivity index (χ4n) is 1.93. The molecule has 0 aromatic carbocycles. The van der Waals surface area contributed by atoms with Crippen molar-refractivity contribution in [2.75, 3.05) is 39.3 Å². The Morgan fingerprint density at radius 3 is 1.52 bits per heavy atom. The van der Waals surface area contributed by atoms with Gasteiger partial charge in [-0.05, 0) is 70.9 Å². The maximum atomic E-state index is 5.46. The summed E-state index contributed by atoms with van der Waals surface area (Å²) < 4.78 is 0. The van der Waals surface area contributed by atoms with E-state index in [4.69, 9.17) is 11.5 Å². The predicted molar refractivity (Wildman–Crippen MR) is 107 cm³/mol. The fourth-order valence-corrected chi connectivity index (χ4v) is 1.93. The monoisotopic (exact) mass is 312 g/mol. The van der Waals surface area contributed by atoms with Gasteiger partial charge in [0.2, 0.25) is 0 Å². The number of nitrogens with one attached hydrogen (secondary N) is 2. The molecule has 0 bridgehead atoms. The number of piperidine rings is 2. The van der Waals surface area contributed by atoms with Crippen LogP contribution in [0.25, 0.3) is 0 Å². The van der Waals surface area contributed by atoms with E-state index in [1.54, 1.807) is 0 Å². The molecule has 0 aliphatic carbocycles. The first-order valence-corrected chi connectivity index (χ1v) is 9.16. The van der Waals surface area contributed by atoms with Crippen molar-refractivity contribution < 1.29 is 5.71 Å². The summed E-state index contributed by atoms with van der Waals surface area (Å²) in [6, 6.07) is 0. The average molecular weight is 313 g/mol. The van der Waals surface area contributed by atoms with E-state index >= 15 is 0 Å². The third kappa shape index (κ3) is 25.2. The second-order valence-corrected chi connectivity index (χ2v) is 4.67. The van der Waals surface area contributed by atoms with Crippen LogP contribution >= 0.6 is 0 Å². The van der Waals surface area contributed by atoms with Crippen LogP contribution in [0.15, 0.2) is 0 Å². The van der Waals surface area contributed by atoms with E-state index in [-0.39, 0.29) is 5.71 Å². The Morgan fingerprint density at radius 2 is 1.33 bits per heavy atom. The van der Waals surface area contributed by atoms with Crippen molar-refractivity contribution in [2.45, 2.75) is 66.7 Å². The van der Waals surface area contributed by atoms with Crippen LogP contribution in [0.5, 0.6) is 0 Å². The highest BCUT2D eigenvalue weighted by molar-refractivity contribution is 4.68. The van der Waals surface area contributed by atoms with Gasteiger partial charge in [0, 0.05) is 5.71 Å². The molecular weight excluding hydrogens is 260 g/mol. The maximum absolute atomic E-state index is 5.46. The molecule has 2 heterocycles. The minimum Gasteiger partial charge on any atom is -0.331 e. The molecule has 140 valence electrons. The first-order chi connectivity index (χ1) is 10.3. The predicted octanol–water partition coefficient (Wildman–Crippen LogP) is 3.71. The van der Waals surface area contributed by atoms with Gasteiger partial charge in [0.25, 0.3) is 0 Å². The van der Waals surface area contributed by atoms with Crippen molar-refractivity contribution in [1.29, 1.82) is 0 Å². The molecule has 2 aliphatic heterocycles. The zero-order chi connectivity index (χ0) is 16.8. The van der Waals surface area contributed by atoms with Crippen molar-refractivity contribution in [3.05, 3.63) is 0 Å². The summed E-state index contributed by atoms with van der Waals surface area (Å²) >= 11 is 0. The largest absolute Gasteiger partial charge is 0.331 e. The van der Waals surface area contributed by atoms with Gasteiger partial charge in [-0.15, -0.1) is 0 Å². The standard InChI is InChI=1S/C6H14N2.C5H11N.C2H7N.2C2H6.4H2/c7-4-6-2-1-3-8-5-6;1-2-4-6-5-3-1;1-2-3;2*1-2;;;;/h6,8H,1-5,7H2;6H,1-5H2;2-3H2,1H3;2*1-2H3;4*1H/t6-;;;;;;;;/m0......../s1. The maximum Gasteiger partial charge on any atom is 0 e. The van der Waals surface area contributed by atoms with Crippen LogP contribution in [-0.2, 0) is 0 Å². The van der Waals surface area contributed by atoms with E-state index in [0.29, 0.717) is 0 Å². The molecule has 0 spiro atoms. The number of rotatable bonds is 1. The molecule has 0 amide bonds. The van der Waals surface area contributed by atoms with Crippen LogP contribution in [0.4, 0.5) is 0 Å². The zero-order valence-electron chi connectivity index (χ0n) is 15.5. The van der Waals surface area contributed by atoms with Crippen molar-refractivity contribution in [3.8, 4) is 0 Å². The van der Waals surface area contributed by atoms with Gasteiger partial charge in [0.1, 0.15) is 0 Å². The third-order valence-electron chi connectivity index (χ3n) is 2.94. The summed E-state index contributed by atoms with van der Waals surface area (Å²) in [7, 11) is 0. The lowest BCUT2D eigenvalue weighted by atomic mass is 10.0. The van der Waals surface area contributed by atoms with Gasteiger partial charge in [0.15, 0.2) is 0 Å².